The van der Waals surface area contributed by atoms with Crippen molar-refractivity contribution in [1.82, 2.24) is 4.90 Å². The van der Waals surface area contributed by atoms with Gasteiger partial charge in [0, 0.05) is 17.9 Å². The molecule has 0 aliphatic rings. The SMILES string of the molecule is COc1cccc(CC(=O)N(CCBr)C(C)C)c1. The number of carbonyl (C=O) groups is 1. The molecule has 0 saturated heterocycles. The number of alkyl halides is 1. The quantitative estimate of drug-likeness (QED) is 0.756. The van der Waals surface area contributed by atoms with Crippen LogP contribution in [-0.2, 0) is 11.2 Å². The van der Waals surface area contributed by atoms with E-state index in [9.17, 15) is 4.79 Å². The zero-order valence-corrected chi connectivity index (χ0v) is 12.7. The molecule has 0 atom stereocenters. The molecule has 4 heteroatoms. The third-order valence-corrected chi connectivity index (χ3v) is 3.11. The Bertz CT molecular complexity index is 393. The van der Waals surface area contributed by atoms with Gasteiger partial charge in [0.05, 0.1) is 13.5 Å². The number of nitrogens with zero attached hydrogens (tertiary/aromatic N) is 1. The Morgan fingerprint density at radius 3 is 2.72 bits per heavy atom. The van der Waals surface area contributed by atoms with Crippen molar-refractivity contribution >= 4 is 21.8 Å². The van der Waals surface area contributed by atoms with Crippen molar-refractivity contribution in [2.45, 2.75) is 26.3 Å². The second-order valence-electron chi connectivity index (χ2n) is 4.40. The van der Waals surface area contributed by atoms with E-state index in [1.54, 1.807) is 7.11 Å². The maximum atomic E-state index is 12.2. The Kier molecular flexibility index (Phi) is 6.19. The number of halogens is 1. The molecule has 0 fully saturated rings. The van der Waals surface area contributed by atoms with E-state index in [2.05, 4.69) is 15.9 Å². The highest BCUT2D eigenvalue weighted by Gasteiger charge is 2.16. The summed E-state index contributed by atoms with van der Waals surface area (Å²) in [5.74, 6) is 0.939. The van der Waals surface area contributed by atoms with E-state index in [0.717, 1.165) is 23.2 Å². The molecule has 0 radical (unpaired) electrons. The van der Waals surface area contributed by atoms with Gasteiger partial charge in [-0.05, 0) is 31.5 Å². The average Bonchev–Trinajstić information content (AvgIpc) is 2.35. The summed E-state index contributed by atoms with van der Waals surface area (Å²) in [4.78, 5) is 14.1. The zero-order valence-electron chi connectivity index (χ0n) is 11.1. The van der Waals surface area contributed by atoms with Gasteiger partial charge in [-0.15, -0.1) is 0 Å². The van der Waals surface area contributed by atoms with E-state index in [4.69, 9.17) is 4.74 Å². The van der Waals surface area contributed by atoms with Gasteiger partial charge in [-0.25, -0.2) is 0 Å². The minimum absolute atomic E-state index is 0.151. The fraction of sp³-hybridized carbons (Fsp3) is 0.500. The third kappa shape index (κ3) is 4.33. The van der Waals surface area contributed by atoms with E-state index in [0.29, 0.717) is 6.42 Å². The molecular formula is C14H20BrNO2. The maximum absolute atomic E-state index is 12.2. The molecule has 1 rings (SSSR count). The van der Waals surface area contributed by atoms with E-state index in [1.165, 1.54) is 0 Å². The third-order valence-electron chi connectivity index (χ3n) is 2.76. The zero-order chi connectivity index (χ0) is 13.5. The van der Waals surface area contributed by atoms with Crippen LogP contribution in [0.3, 0.4) is 0 Å². The first kappa shape index (κ1) is 15.0. The lowest BCUT2D eigenvalue weighted by Gasteiger charge is -2.26. The molecule has 18 heavy (non-hydrogen) atoms. The molecule has 1 aromatic rings. The highest BCUT2D eigenvalue weighted by atomic mass is 79.9. The minimum atomic E-state index is 0.151. The summed E-state index contributed by atoms with van der Waals surface area (Å²) in [5, 5.41) is 0.801. The predicted octanol–water partition coefficient (Wildman–Crippen LogP) is 2.87. The van der Waals surface area contributed by atoms with Crippen LogP contribution >= 0.6 is 15.9 Å². The number of benzene rings is 1. The van der Waals surface area contributed by atoms with Crippen LogP contribution in [0.5, 0.6) is 5.75 Å². The van der Waals surface area contributed by atoms with Gasteiger partial charge >= 0.3 is 0 Å². The number of methoxy groups -OCH3 is 1. The Hall–Kier alpha value is -1.03. The molecule has 0 aromatic heterocycles. The van der Waals surface area contributed by atoms with Crippen molar-refractivity contribution in [2.75, 3.05) is 19.0 Å². The number of ether oxygens (including phenoxy) is 1. The van der Waals surface area contributed by atoms with Crippen LogP contribution in [0.1, 0.15) is 19.4 Å². The van der Waals surface area contributed by atoms with Crippen LogP contribution in [0.4, 0.5) is 0 Å². The van der Waals surface area contributed by atoms with Crippen molar-refractivity contribution in [2.24, 2.45) is 0 Å². The number of hydrogen-bond acceptors (Lipinski definition) is 2. The van der Waals surface area contributed by atoms with E-state index in [-0.39, 0.29) is 11.9 Å². The molecule has 0 bridgehead atoms. The summed E-state index contributed by atoms with van der Waals surface area (Å²) < 4.78 is 5.16. The van der Waals surface area contributed by atoms with E-state index >= 15 is 0 Å². The lowest BCUT2D eigenvalue weighted by atomic mass is 10.1. The number of rotatable bonds is 6. The van der Waals surface area contributed by atoms with Gasteiger partial charge in [0.15, 0.2) is 0 Å². The summed E-state index contributed by atoms with van der Waals surface area (Å²) in [6.07, 6.45) is 0.419. The van der Waals surface area contributed by atoms with Crippen LogP contribution in [0.2, 0.25) is 0 Å². The molecule has 1 aromatic carbocycles. The Labute approximate surface area is 117 Å². The van der Waals surface area contributed by atoms with Crippen molar-refractivity contribution in [3.8, 4) is 5.75 Å². The standard InChI is InChI=1S/C14H20BrNO2/c1-11(2)16(8-7-15)14(17)10-12-5-4-6-13(9-12)18-3/h4-6,9,11H,7-8,10H2,1-3H3. The summed E-state index contributed by atoms with van der Waals surface area (Å²) in [5.41, 5.74) is 0.986. The van der Waals surface area contributed by atoms with Gasteiger partial charge in [-0.2, -0.15) is 0 Å². The van der Waals surface area contributed by atoms with Crippen LogP contribution in [0.25, 0.3) is 0 Å². The second kappa shape index (κ2) is 7.41. The first-order chi connectivity index (χ1) is 8.58. The summed E-state index contributed by atoms with van der Waals surface area (Å²) >= 11 is 3.38. The molecule has 0 saturated carbocycles. The summed E-state index contributed by atoms with van der Waals surface area (Å²) in [6.45, 7) is 4.80. The van der Waals surface area contributed by atoms with Gasteiger partial charge in [0.1, 0.15) is 5.75 Å². The van der Waals surface area contributed by atoms with Crippen molar-refractivity contribution < 1.29 is 9.53 Å². The van der Waals surface area contributed by atoms with Gasteiger partial charge in [-0.1, -0.05) is 28.1 Å². The van der Waals surface area contributed by atoms with Gasteiger partial charge in [-0.3, -0.25) is 4.79 Å². The molecule has 100 valence electrons. The fourth-order valence-electron chi connectivity index (χ4n) is 1.82. The summed E-state index contributed by atoms with van der Waals surface area (Å²) in [7, 11) is 1.63. The van der Waals surface area contributed by atoms with Gasteiger partial charge < -0.3 is 9.64 Å². The Morgan fingerprint density at radius 1 is 1.44 bits per heavy atom. The molecule has 0 aliphatic carbocycles. The molecule has 0 aliphatic heterocycles. The normalized spacial score (nSPS) is 10.5. The number of hydrogen-bond donors (Lipinski definition) is 0. The Morgan fingerprint density at radius 2 is 2.17 bits per heavy atom. The molecule has 0 unspecified atom stereocenters. The highest BCUT2D eigenvalue weighted by Crippen LogP contribution is 2.14. The largest absolute Gasteiger partial charge is 0.497 e. The monoisotopic (exact) mass is 313 g/mol. The molecule has 1 amide bonds. The predicted molar refractivity (Wildman–Crippen MR) is 77.3 cm³/mol. The number of carbonyl (C=O) groups excluding carboxylic acids is 1. The molecule has 0 spiro atoms. The smallest absolute Gasteiger partial charge is 0.227 e. The number of amides is 1. The van der Waals surface area contributed by atoms with Crippen LogP contribution < -0.4 is 4.74 Å². The Balaban J connectivity index is 2.72. The second-order valence-corrected chi connectivity index (χ2v) is 5.19. The average molecular weight is 314 g/mol. The van der Waals surface area contributed by atoms with Crippen LogP contribution in [-0.4, -0.2) is 35.8 Å². The van der Waals surface area contributed by atoms with E-state index in [1.807, 2.05) is 43.0 Å². The van der Waals surface area contributed by atoms with Crippen LogP contribution in [0.15, 0.2) is 24.3 Å². The van der Waals surface area contributed by atoms with Gasteiger partial charge in [0.2, 0.25) is 5.91 Å². The van der Waals surface area contributed by atoms with Crippen molar-refractivity contribution in [1.29, 1.82) is 0 Å². The molecule has 3 nitrogen and oxygen atoms in total. The minimum Gasteiger partial charge on any atom is -0.497 e. The highest BCUT2D eigenvalue weighted by molar-refractivity contribution is 9.09. The van der Waals surface area contributed by atoms with Crippen molar-refractivity contribution in [3.63, 3.8) is 0 Å². The molecule has 0 N–H and O–H groups in total. The van der Waals surface area contributed by atoms with Crippen molar-refractivity contribution in [3.05, 3.63) is 29.8 Å². The lowest BCUT2D eigenvalue weighted by molar-refractivity contribution is -0.131. The van der Waals surface area contributed by atoms with Gasteiger partial charge in [0.25, 0.3) is 0 Å². The maximum Gasteiger partial charge on any atom is 0.227 e. The van der Waals surface area contributed by atoms with Crippen LogP contribution in [0, 0.1) is 0 Å². The van der Waals surface area contributed by atoms with E-state index < -0.39 is 0 Å². The molecular weight excluding hydrogens is 294 g/mol. The summed E-state index contributed by atoms with van der Waals surface area (Å²) in [6, 6.07) is 7.87. The first-order valence-electron chi connectivity index (χ1n) is 6.06. The first-order valence-corrected chi connectivity index (χ1v) is 7.19. The molecule has 0 heterocycles. The lowest BCUT2D eigenvalue weighted by Crippen LogP contribution is -2.39. The fourth-order valence-corrected chi connectivity index (χ4v) is 2.20. The topological polar surface area (TPSA) is 29.5 Å².